The van der Waals surface area contributed by atoms with Crippen molar-refractivity contribution in [3.63, 3.8) is 0 Å². The Balaban J connectivity index is 1.30. The maximum absolute atomic E-state index is 15.3. The Morgan fingerprint density at radius 2 is 0.670 bits per heavy atom. The average molecular weight is 1380 g/mol. The number of carboxylic acid groups (broad SMARTS) is 1. The van der Waals surface area contributed by atoms with E-state index in [1.54, 1.807) is 52.4 Å². The number of carbonyl (C=O) groups excluding carboxylic acids is 8. The zero-order valence-electron chi connectivity index (χ0n) is 57.7. The summed E-state index contributed by atoms with van der Waals surface area (Å²) in [6.07, 6.45) is 6.40. The van der Waals surface area contributed by atoms with Crippen LogP contribution in [0.1, 0.15) is 116 Å². The van der Waals surface area contributed by atoms with Crippen molar-refractivity contribution >= 4 is 104 Å². The zero-order valence-corrected chi connectivity index (χ0v) is 57.7. The first-order chi connectivity index (χ1) is 47.7. The summed E-state index contributed by atoms with van der Waals surface area (Å²) in [6, 6.07) is 10.3. The quantitative estimate of drug-likeness (QED) is 0.0143. The summed E-state index contributed by atoms with van der Waals surface area (Å²) in [5, 5.41) is 34.9. The lowest BCUT2D eigenvalue weighted by Gasteiger charge is -2.31. The number of guanidine groups is 3. The molecule has 542 valence electrons. The lowest BCUT2D eigenvalue weighted by atomic mass is 9.93. The number of aliphatic carboxylic acids is 1. The van der Waals surface area contributed by atoms with Gasteiger partial charge in [-0.2, -0.15) is 0 Å². The molecule has 6 rings (SSSR count). The molecule has 0 fully saturated rings. The predicted molar refractivity (Wildman–Crippen MR) is 385 cm³/mol. The Morgan fingerprint density at radius 1 is 0.390 bits per heavy atom. The molecule has 100 heavy (non-hydrogen) atoms. The van der Waals surface area contributed by atoms with Crippen molar-refractivity contribution in [1.29, 1.82) is 0 Å². The number of H-pyrrole nitrogens is 3. The highest BCUT2D eigenvalue weighted by Crippen LogP contribution is 2.24. The van der Waals surface area contributed by atoms with E-state index in [0.717, 1.165) is 27.4 Å². The number of aromatic amines is 3. The molecule has 3 heterocycles. The summed E-state index contributed by atoms with van der Waals surface area (Å²) in [6.45, 7) is 10.9. The standard InChI is InChI=1S/C69H101N21O10/c1-7-37(4)55(89-62(95)54(33-42-36-82-49-24-15-12-21-45(42)49)87-64(97)56(38(5)8-2)90-65(98)57(39(6)9-3)88-58(91)46(70)31-40-34-80-47-22-13-10-19-43(40)47)63(96)86-53(32-41-35-81-48-23-14-11-20-44(41)48)61(94)84-50(25-16-28-77-67(71)72)59(92)83-51(26-17-29-78-68(73)74)60(93)85-52(66(99)100)27-18-30-79-69(75)76/h10-15,19-24,34-39,46,50-57,80-82H,7-9,16-18,25-33,70H2,1-6H3,(H,83,92)(H,84,94)(H,85,93)(H,86,96)(H,87,97)(H,88,91)(H,89,95)(H,90,98)(H,99,100)(H4,71,72,77)(H4,73,74,78)(H4,75,76,79)/t37-,38-,39-,46-,50-,51-,52-,53-,54-,55-,56-,57-/m0/s1. The fourth-order valence-electron chi connectivity index (χ4n) is 11.6. The minimum atomic E-state index is -1.47. The Bertz CT molecular complexity index is 3850. The van der Waals surface area contributed by atoms with Gasteiger partial charge in [-0.3, -0.25) is 53.3 Å². The normalized spacial score (nSPS) is 14.9. The van der Waals surface area contributed by atoms with Crippen LogP contribution in [0.15, 0.2) is 106 Å². The molecule has 26 N–H and O–H groups in total. The highest BCUT2D eigenvalue weighted by atomic mass is 16.4. The Morgan fingerprint density at radius 3 is 1.02 bits per heavy atom. The van der Waals surface area contributed by atoms with Crippen LogP contribution in [0.2, 0.25) is 0 Å². The summed E-state index contributed by atoms with van der Waals surface area (Å²) in [7, 11) is 0. The SMILES string of the molecule is CC[C@H](C)[C@H](NC(=O)[C@H](Cc1c[nH]c2ccccc12)NC(=O)[C@@H](NC(=O)[C@@H](NC(=O)[C@@H](N)Cc1c[nH]c2ccccc12)[C@@H](C)CC)[C@@H](C)CC)C(=O)N[C@@H](Cc1c[nH]c2ccccc12)C(=O)N[C@@H](CCCN=C(N)N)C(=O)N[C@@H](CCCN=C(N)N)C(=O)N[C@@H](CCCN=C(N)N)C(=O)O. The van der Waals surface area contributed by atoms with Gasteiger partial charge in [-0.1, -0.05) is 115 Å². The number of carbonyl (C=O) groups is 9. The van der Waals surface area contributed by atoms with Crippen LogP contribution < -0.4 is 82.7 Å². The van der Waals surface area contributed by atoms with Crippen molar-refractivity contribution in [2.45, 2.75) is 173 Å². The van der Waals surface area contributed by atoms with Crippen LogP contribution in [0, 0.1) is 17.8 Å². The second-order valence-electron chi connectivity index (χ2n) is 25.4. The van der Waals surface area contributed by atoms with Gasteiger partial charge in [0.2, 0.25) is 47.3 Å². The summed E-state index contributed by atoms with van der Waals surface area (Å²) < 4.78 is 0. The van der Waals surface area contributed by atoms with Gasteiger partial charge in [-0.25, -0.2) is 4.79 Å². The Kier molecular flexibility index (Phi) is 30.1. The lowest BCUT2D eigenvalue weighted by Crippen LogP contribution is -2.62. The lowest BCUT2D eigenvalue weighted by molar-refractivity contribution is -0.142. The number of rotatable bonds is 41. The van der Waals surface area contributed by atoms with E-state index >= 15 is 19.2 Å². The molecule has 0 radical (unpaired) electrons. The van der Waals surface area contributed by atoms with Gasteiger partial charge in [-0.15, -0.1) is 0 Å². The molecule has 31 heteroatoms. The molecule has 0 spiro atoms. The molecule has 0 aliphatic rings. The minimum absolute atomic E-state index is 0.00702. The van der Waals surface area contributed by atoms with Gasteiger partial charge < -0.3 is 103 Å². The molecule has 12 atom stereocenters. The predicted octanol–water partition coefficient (Wildman–Crippen LogP) is 0.748. The maximum atomic E-state index is 15.3. The van der Waals surface area contributed by atoms with Crippen molar-refractivity contribution in [3.05, 3.63) is 108 Å². The number of benzene rings is 3. The van der Waals surface area contributed by atoms with E-state index in [4.69, 9.17) is 40.1 Å². The number of aromatic nitrogens is 3. The summed E-state index contributed by atoms with van der Waals surface area (Å²) >= 11 is 0. The highest BCUT2D eigenvalue weighted by Gasteiger charge is 2.39. The van der Waals surface area contributed by atoms with Gasteiger partial charge in [0, 0.05) is 83.8 Å². The van der Waals surface area contributed by atoms with Crippen LogP contribution in [0.5, 0.6) is 0 Å². The molecule has 3 aromatic carbocycles. The number of hydrogen-bond donors (Lipinski definition) is 19. The number of aliphatic imine (C=N–C) groups is 3. The third-order valence-electron chi connectivity index (χ3n) is 18.0. The van der Waals surface area contributed by atoms with Crippen LogP contribution in [-0.2, 0) is 62.4 Å². The minimum Gasteiger partial charge on any atom is -0.480 e. The number of amides is 8. The fraction of sp³-hybridized carbons (Fsp3) is 0.478. The third-order valence-corrected chi connectivity index (χ3v) is 18.0. The average Bonchev–Trinajstić information content (AvgIpc) is 1.61. The molecule has 0 bridgehead atoms. The number of nitrogens with one attached hydrogen (secondary N) is 11. The summed E-state index contributed by atoms with van der Waals surface area (Å²) in [5.41, 5.74) is 44.2. The number of fused-ring (bicyclic) bond motifs is 3. The second kappa shape index (κ2) is 38.4. The molecule has 6 aromatic rings. The topological polar surface area (TPSA) is 537 Å². The molecule has 0 unspecified atom stereocenters. The van der Waals surface area contributed by atoms with Crippen molar-refractivity contribution in [1.82, 2.24) is 57.5 Å². The van der Waals surface area contributed by atoms with E-state index in [-0.39, 0.29) is 95.3 Å². The molecular weight excluding hydrogens is 1280 g/mol. The zero-order chi connectivity index (χ0) is 73.2. The molecule has 0 saturated carbocycles. The van der Waals surface area contributed by atoms with E-state index in [1.165, 1.54) is 0 Å². The molecule has 8 amide bonds. The number of nitrogens with two attached hydrogens (primary N) is 7. The second-order valence-corrected chi connectivity index (χ2v) is 25.4. The number of nitrogens with zero attached hydrogens (tertiary/aromatic N) is 3. The number of carboxylic acids is 1. The molecular formula is C69H101N21O10. The van der Waals surface area contributed by atoms with Crippen molar-refractivity contribution in [3.8, 4) is 0 Å². The van der Waals surface area contributed by atoms with Crippen molar-refractivity contribution in [2.75, 3.05) is 19.6 Å². The van der Waals surface area contributed by atoms with Gasteiger partial charge in [0.25, 0.3) is 0 Å². The van der Waals surface area contributed by atoms with Gasteiger partial charge in [0.15, 0.2) is 17.9 Å². The summed E-state index contributed by atoms with van der Waals surface area (Å²) in [5.74, 6) is -9.70. The smallest absolute Gasteiger partial charge is 0.326 e. The first-order valence-electron chi connectivity index (χ1n) is 34.0. The molecule has 0 aliphatic carbocycles. The molecule has 31 nitrogen and oxygen atoms in total. The third kappa shape index (κ3) is 22.9. The van der Waals surface area contributed by atoms with Crippen molar-refractivity contribution in [2.24, 2.45) is 72.9 Å². The van der Waals surface area contributed by atoms with Gasteiger partial charge in [0.1, 0.15) is 48.3 Å². The van der Waals surface area contributed by atoms with E-state index in [9.17, 15) is 29.1 Å². The number of hydrogen-bond acceptors (Lipinski definition) is 13. The Labute approximate surface area is 580 Å². The molecule has 0 aliphatic heterocycles. The first-order valence-corrected chi connectivity index (χ1v) is 34.0. The van der Waals surface area contributed by atoms with E-state index in [2.05, 4.69) is 72.5 Å². The highest BCUT2D eigenvalue weighted by molar-refractivity contribution is 5.99. The molecule has 0 saturated heterocycles. The number of para-hydroxylation sites is 3. The van der Waals surface area contributed by atoms with Gasteiger partial charge >= 0.3 is 5.97 Å². The maximum Gasteiger partial charge on any atom is 0.326 e. The fourth-order valence-corrected chi connectivity index (χ4v) is 11.6. The van der Waals surface area contributed by atoms with Gasteiger partial charge in [-0.05, 0) is 97.6 Å². The van der Waals surface area contributed by atoms with Gasteiger partial charge in [0.05, 0.1) is 6.04 Å². The molecule has 3 aromatic heterocycles. The summed E-state index contributed by atoms with van der Waals surface area (Å²) in [4.78, 5) is 152. The van der Waals surface area contributed by atoms with Crippen molar-refractivity contribution < 1.29 is 48.3 Å². The van der Waals surface area contributed by atoms with Crippen LogP contribution >= 0.6 is 0 Å². The first kappa shape index (κ1) is 78.3. The van der Waals surface area contributed by atoms with E-state index in [1.807, 2.05) is 80.6 Å². The van der Waals surface area contributed by atoms with Crippen LogP contribution in [0.3, 0.4) is 0 Å². The van der Waals surface area contributed by atoms with Crippen LogP contribution in [0.25, 0.3) is 32.7 Å². The van der Waals surface area contributed by atoms with E-state index < -0.39 is 125 Å². The van der Waals surface area contributed by atoms with Crippen LogP contribution in [0.4, 0.5) is 0 Å². The van der Waals surface area contributed by atoms with E-state index in [0.29, 0.717) is 41.3 Å². The largest absolute Gasteiger partial charge is 0.480 e. The monoisotopic (exact) mass is 1380 g/mol. The van der Waals surface area contributed by atoms with Crippen LogP contribution in [-0.4, -0.2) is 165 Å². The Hall–Kier alpha value is -10.7.